The molecule has 0 spiro atoms. The molecule has 0 heterocycles. The maximum Gasteiger partial charge on any atom is 0.184 e. The van der Waals surface area contributed by atoms with E-state index in [0.717, 1.165) is 4.47 Å². The van der Waals surface area contributed by atoms with E-state index in [1.165, 1.54) is 0 Å². The maximum absolute atomic E-state index is 9.60. The molecule has 0 aliphatic rings. The maximum atomic E-state index is 9.60. The minimum absolute atomic E-state index is 0.473. The number of nitrogens with zero attached hydrogens (tertiary/aromatic N) is 1. The van der Waals surface area contributed by atoms with Crippen molar-refractivity contribution in [3.8, 4) is 11.8 Å². The van der Waals surface area contributed by atoms with Gasteiger partial charge in [-0.25, -0.2) is 0 Å². The smallest absolute Gasteiger partial charge is 0.184 e. The summed E-state index contributed by atoms with van der Waals surface area (Å²) in [5, 5.41) is 18.4. The minimum atomic E-state index is -0.622. The van der Waals surface area contributed by atoms with Crippen molar-refractivity contribution in [2.24, 2.45) is 0 Å². The van der Waals surface area contributed by atoms with Gasteiger partial charge < -0.3 is 9.84 Å². The number of nitriles is 1. The van der Waals surface area contributed by atoms with Gasteiger partial charge in [0.25, 0.3) is 0 Å². The average molecular weight is 284 g/mol. The zero-order valence-corrected chi connectivity index (χ0v) is 10.9. The van der Waals surface area contributed by atoms with E-state index >= 15 is 0 Å². The normalized spacial score (nSPS) is 13.9. The zero-order chi connectivity index (χ0) is 12.1. The van der Waals surface area contributed by atoms with Gasteiger partial charge in [0.1, 0.15) is 11.8 Å². The van der Waals surface area contributed by atoms with Gasteiger partial charge in [-0.2, -0.15) is 5.26 Å². The average Bonchev–Trinajstić information content (AvgIpc) is 2.27. The highest BCUT2D eigenvalue weighted by molar-refractivity contribution is 9.10. The molecule has 0 aromatic heterocycles. The van der Waals surface area contributed by atoms with Crippen LogP contribution in [0.1, 0.15) is 31.9 Å². The first kappa shape index (κ1) is 13.0. The summed E-state index contributed by atoms with van der Waals surface area (Å²) >= 11 is 3.33. The summed E-state index contributed by atoms with van der Waals surface area (Å²) in [6, 6.07) is 7.44. The Labute approximate surface area is 104 Å². The van der Waals surface area contributed by atoms with Crippen LogP contribution in [-0.2, 0) is 0 Å². The van der Waals surface area contributed by atoms with Crippen LogP contribution >= 0.6 is 15.9 Å². The molecule has 3 nitrogen and oxygen atoms in total. The third-order valence-corrected chi connectivity index (χ3v) is 2.70. The van der Waals surface area contributed by atoms with Gasteiger partial charge in [0.15, 0.2) is 6.10 Å². The molecule has 0 radical (unpaired) electrons. The van der Waals surface area contributed by atoms with Gasteiger partial charge in [-0.3, -0.25) is 0 Å². The molecular weight excluding hydrogens is 270 g/mol. The highest BCUT2D eigenvalue weighted by atomic mass is 79.9. The summed E-state index contributed by atoms with van der Waals surface area (Å²) in [4.78, 5) is 0. The second kappa shape index (κ2) is 5.88. The topological polar surface area (TPSA) is 53.2 Å². The van der Waals surface area contributed by atoms with Crippen LogP contribution < -0.4 is 4.74 Å². The van der Waals surface area contributed by atoms with Gasteiger partial charge in [-0.15, -0.1) is 0 Å². The van der Waals surface area contributed by atoms with Crippen LogP contribution in [0.4, 0.5) is 0 Å². The monoisotopic (exact) mass is 283 g/mol. The predicted octanol–water partition coefficient (Wildman–Crippen LogP) is 3.18. The summed E-state index contributed by atoms with van der Waals surface area (Å²) in [6.07, 6.45) is -0.478. The van der Waals surface area contributed by atoms with Gasteiger partial charge in [0.05, 0.1) is 6.10 Å². The van der Waals surface area contributed by atoms with Crippen LogP contribution in [0, 0.1) is 11.3 Å². The van der Waals surface area contributed by atoms with Gasteiger partial charge >= 0.3 is 0 Å². The van der Waals surface area contributed by atoms with Crippen molar-refractivity contribution in [2.45, 2.75) is 32.5 Å². The van der Waals surface area contributed by atoms with Gasteiger partial charge in [-0.05, 0) is 31.5 Å². The molecule has 1 N–H and O–H groups in total. The summed E-state index contributed by atoms with van der Waals surface area (Å²) in [5.41, 5.74) is 0.683. The van der Waals surface area contributed by atoms with Crippen molar-refractivity contribution in [1.82, 2.24) is 0 Å². The molecule has 0 saturated heterocycles. The molecule has 16 heavy (non-hydrogen) atoms. The molecule has 86 valence electrons. The highest BCUT2D eigenvalue weighted by Gasteiger charge is 2.13. The molecule has 0 saturated carbocycles. The molecule has 0 fully saturated rings. The van der Waals surface area contributed by atoms with Crippen molar-refractivity contribution in [3.05, 3.63) is 28.2 Å². The lowest BCUT2D eigenvalue weighted by Crippen LogP contribution is -2.13. The number of ether oxygens (including phenoxy) is 1. The lowest BCUT2D eigenvalue weighted by Gasteiger charge is -2.16. The van der Waals surface area contributed by atoms with Crippen LogP contribution in [0.2, 0.25) is 0 Å². The Morgan fingerprint density at radius 2 is 2.25 bits per heavy atom. The molecule has 1 aromatic rings. The quantitative estimate of drug-likeness (QED) is 0.923. The standard InChI is InChI=1S/C12H14BrNO2/c1-3-10(7-14)16-12-5-4-9(13)6-11(12)8(2)15/h4-6,8,10,15H,3H2,1-2H3/t8-,10?/m1/s1. The molecule has 0 aliphatic heterocycles. The summed E-state index contributed by atoms with van der Waals surface area (Å²) < 4.78 is 6.39. The first-order valence-electron chi connectivity index (χ1n) is 5.12. The van der Waals surface area contributed by atoms with Crippen molar-refractivity contribution in [3.63, 3.8) is 0 Å². The summed E-state index contributed by atoms with van der Waals surface area (Å²) in [5.74, 6) is 0.562. The number of rotatable bonds is 4. The summed E-state index contributed by atoms with van der Waals surface area (Å²) in [6.45, 7) is 3.55. The van der Waals surface area contributed by atoms with E-state index in [9.17, 15) is 5.11 Å². The van der Waals surface area contributed by atoms with E-state index in [0.29, 0.717) is 17.7 Å². The molecule has 0 amide bonds. The molecule has 4 heteroatoms. The van der Waals surface area contributed by atoms with Crippen LogP contribution in [0.5, 0.6) is 5.75 Å². The molecule has 0 bridgehead atoms. The highest BCUT2D eigenvalue weighted by Crippen LogP contribution is 2.29. The molecule has 0 aliphatic carbocycles. The SMILES string of the molecule is CCC(C#N)Oc1ccc(Br)cc1[C@@H](C)O. The molecule has 1 unspecified atom stereocenters. The van der Waals surface area contributed by atoms with Gasteiger partial charge in [0, 0.05) is 10.0 Å². The third kappa shape index (κ3) is 3.22. The number of aliphatic hydroxyl groups excluding tert-OH is 1. The fourth-order valence-electron chi connectivity index (χ4n) is 1.31. The predicted molar refractivity (Wildman–Crippen MR) is 65.1 cm³/mol. The lowest BCUT2D eigenvalue weighted by molar-refractivity contribution is 0.184. The Morgan fingerprint density at radius 1 is 1.56 bits per heavy atom. The van der Waals surface area contributed by atoms with Crippen LogP contribution in [0.25, 0.3) is 0 Å². The fraction of sp³-hybridized carbons (Fsp3) is 0.417. The zero-order valence-electron chi connectivity index (χ0n) is 9.27. The van der Waals surface area contributed by atoms with Crippen molar-refractivity contribution in [1.29, 1.82) is 5.26 Å². The van der Waals surface area contributed by atoms with E-state index < -0.39 is 12.2 Å². The fourth-order valence-corrected chi connectivity index (χ4v) is 1.69. The number of halogens is 1. The first-order valence-corrected chi connectivity index (χ1v) is 5.91. The van der Waals surface area contributed by atoms with E-state index in [4.69, 9.17) is 10.00 Å². The largest absolute Gasteiger partial charge is 0.475 e. The number of benzene rings is 1. The Morgan fingerprint density at radius 3 is 2.75 bits per heavy atom. The third-order valence-electron chi connectivity index (χ3n) is 2.21. The van der Waals surface area contributed by atoms with Crippen molar-refractivity contribution < 1.29 is 9.84 Å². The van der Waals surface area contributed by atoms with Gasteiger partial charge in [0.2, 0.25) is 0 Å². The van der Waals surface area contributed by atoms with Crippen molar-refractivity contribution >= 4 is 15.9 Å². The van der Waals surface area contributed by atoms with Crippen LogP contribution in [0.3, 0.4) is 0 Å². The van der Waals surface area contributed by atoms with Gasteiger partial charge in [-0.1, -0.05) is 22.9 Å². The molecule has 1 rings (SSSR count). The van der Waals surface area contributed by atoms with E-state index in [1.54, 1.807) is 19.1 Å². The Hall–Kier alpha value is -1.05. The lowest BCUT2D eigenvalue weighted by atomic mass is 10.1. The second-order valence-corrected chi connectivity index (χ2v) is 4.42. The number of hydrogen-bond donors (Lipinski definition) is 1. The molecule has 1 aromatic carbocycles. The Kier molecular flexibility index (Phi) is 4.78. The summed E-state index contributed by atoms with van der Waals surface area (Å²) in [7, 11) is 0. The van der Waals surface area contributed by atoms with E-state index in [-0.39, 0.29) is 0 Å². The van der Waals surface area contributed by atoms with E-state index in [1.807, 2.05) is 13.0 Å². The first-order chi connectivity index (χ1) is 7.58. The Balaban J connectivity index is 3.00. The number of hydrogen-bond acceptors (Lipinski definition) is 3. The van der Waals surface area contributed by atoms with Crippen LogP contribution in [0.15, 0.2) is 22.7 Å². The number of aliphatic hydroxyl groups is 1. The van der Waals surface area contributed by atoms with Crippen molar-refractivity contribution in [2.75, 3.05) is 0 Å². The Bertz CT molecular complexity index is 398. The molecule has 2 atom stereocenters. The minimum Gasteiger partial charge on any atom is -0.475 e. The second-order valence-electron chi connectivity index (χ2n) is 3.50. The van der Waals surface area contributed by atoms with Crippen LogP contribution in [-0.4, -0.2) is 11.2 Å². The molecular formula is C12H14BrNO2. The van der Waals surface area contributed by atoms with E-state index in [2.05, 4.69) is 22.0 Å².